The van der Waals surface area contributed by atoms with Crippen molar-refractivity contribution in [2.45, 2.75) is 38.1 Å². The Hall–Kier alpha value is 0.631. The van der Waals surface area contributed by atoms with Crippen molar-refractivity contribution in [2.24, 2.45) is 0 Å². The summed E-state index contributed by atoms with van der Waals surface area (Å²) in [4.78, 5) is 0. The summed E-state index contributed by atoms with van der Waals surface area (Å²) in [6.07, 6.45) is 13.2. The largest absolute Gasteiger partial charge is 4.00 e. The van der Waals surface area contributed by atoms with Crippen LogP contribution in [0.25, 0.3) is 0 Å². The van der Waals surface area contributed by atoms with Crippen LogP contribution in [0.5, 0.6) is 0 Å². The van der Waals surface area contributed by atoms with Crippen molar-refractivity contribution in [3.8, 4) is 0 Å². The van der Waals surface area contributed by atoms with Gasteiger partial charge in [0.15, 0.2) is 0 Å². The molecule has 1 unspecified atom stereocenters. The van der Waals surface area contributed by atoms with Gasteiger partial charge in [-0.05, 0) is 17.9 Å². The zero-order valence-corrected chi connectivity index (χ0v) is 17.2. The third-order valence-electron chi connectivity index (χ3n) is 3.50. The van der Waals surface area contributed by atoms with E-state index < -0.39 is 0 Å². The third kappa shape index (κ3) is 7.07. The Morgan fingerprint density at radius 1 is 1.25 bits per heavy atom. The summed E-state index contributed by atoms with van der Waals surface area (Å²) in [7, 11) is -0.192. The van der Waals surface area contributed by atoms with Crippen LogP contribution in [-0.4, -0.2) is 9.52 Å². The molecule has 5 heteroatoms. The van der Waals surface area contributed by atoms with Gasteiger partial charge in [-0.3, -0.25) is 0 Å². The Labute approximate surface area is 159 Å². The minimum Gasteiger partial charge on any atom is -1.00 e. The topological polar surface area (TPSA) is 0 Å². The molecule has 2 rings (SSSR count). The first-order valence-corrected chi connectivity index (χ1v) is 7.72. The Morgan fingerprint density at radius 3 is 2.40 bits per heavy atom. The molecule has 1 aromatic rings. The van der Waals surface area contributed by atoms with Gasteiger partial charge < -0.3 is 37.2 Å². The normalized spacial score (nSPS) is 19.7. The molecule has 0 aliphatic heterocycles. The van der Waals surface area contributed by atoms with Crippen molar-refractivity contribution in [3.63, 3.8) is 0 Å². The molecule has 1 aliphatic carbocycles. The minimum atomic E-state index is -0.192. The molecule has 0 aromatic heterocycles. The second kappa shape index (κ2) is 12.2. The van der Waals surface area contributed by atoms with Crippen molar-refractivity contribution >= 4 is 14.7 Å². The number of allylic oxidation sites excluding steroid dienone is 4. The van der Waals surface area contributed by atoms with Gasteiger partial charge in [-0.2, -0.15) is 17.3 Å². The maximum Gasteiger partial charge on any atom is 4.00 e. The van der Waals surface area contributed by atoms with Gasteiger partial charge in [0.2, 0.25) is 0 Å². The SMILES string of the molecule is CCCC1([SiH2][c-]2ccc(C)c2)C=CC=CC1.[Cl-].[Cl-].[Cl-].[Ti+4]. The van der Waals surface area contributed by atoms with Gasteiger partial charge in [0.1, 0.15) is 0 Å². The third-order valence-corrected chi connectivity index (χ3v) is 5.93. The van der Waals surface area contributed by atoms with Crippen LogP contribution in [0.2, 0.25) is 5.04 Å². The number of hydrogen-bond donors (Lipinski definition) is 0. The van der Waals surface area contributed by atoms with E-state index in [0.717, 1.165) is 0 Å². The molecule has 0 heterocycles. The molecular weight excluding hydrogens is 362 g/mol. The average Bonchev–Trinajstić information content (AvgIpc) is 2.65. The number of rotatable bonds is 4. The van der Waals surface area contributed by atoms with Crippen molar-refractivity contribution in [1.82, 2.24) is 0 Å². The Balaban J connectivity index is -0.000000722. The smallest absolute Gasteiger partial charge is 1.00 e. The molecule has 0 bridgehead atoms. The van der Waals surface area contributed by atoms with Gasteiger partial charge in [0.05, 0.1) is 0 Å². The molecule has 0 fully saturated rings. The summed E-state index contributed by atoms with van der Waals surface area (Å²) in [6.45, 7) is 4.50. The molecule has 1 aromatic carbocycles. The van der Waals surface area contributed by atoms with Gasteiger partial charge in [0, 0.05) is 9.52 Å². The van der Waals surface area contributed by atoms with Crippen LogP contribution in [0.4, 0.5) is 0 Å². The first kappa shape index (κ1) is 25.6. The Morgan fingerprint density at radius 2 is 1.95 bits per heavy atom. The van der Waals surface area contributed by atoms with Gasteiger partial charge >= 0.3 is 21.7 Å². The van der Waals surface area contributed by atoms with E-state index in [4.69, 9.17) is 0 Å². The second-order valence-corrected chi connectivity index (χ2v) is 7.66. The van der Waals surface area contributed by atoms with Crippen molar-refractivity contribution in [2.75, 3.05) is 0 Å². The van der Waals surface area contributed by atoms with E-state index in [1.54, 1.807) is 5.19 Å². The molecular formula is C15H21Cl3SiTi. The van der Waals surface area contributed by atoms with Gasteiger partial charge in [-0.15, -0.1) is 0 Å². The summed E-state index contributed by atoms with van der Waals surface area (Å²) in [5, 5.41) is 2.15. The molecule has 0 saturated carbocycles. The maximum atomic E-state index is 2.48. The molecule has 110 valence electrons. The van der Waals surface area contributed by atoms with Crippen LogP contribution < -0.4 is 42.4 Å². The molecule has 1 atom stereocenters. The molecule has 0 saturated heterocycles. The van der Waals surface area contributed by atoms with E-state index >= 15 is 0 Å². The average molecular weight is 384 g/mol. The summed E-state index contributed by atoms with van der Waals surface area (Å²) in [5.74, 6) is 0. The summed E-state index contributed by atoms with van der Waals surface area (Å²) < 4.78 is 0. The predicted molar refractivity (Wildman–Crippen MR) is 75.4 cm³/mol. The Kier molecular flexibility index (Phi) is 15.6. The van der Waals surface area contributed by atoms with Crippen LogP contribution in [0.3, 0.4) is 0 Å². The zero-order valence-electron chi connectivity index (χ0n) is 12.0. The minimum absolute atomic E-state index is 0. The van der Waals surface area contributed by atoms with Crippen LogP contribution in [-0.2, 0) is 21.7 Å². The summed E-state index contributed by atoms with van der Waals surface area (Å²) >= 11 is 0. The standard InChI is InChI=1S/C15H21Si.3ClH.Ti/c1-3-9-15(10-5-4-6-11-15)16-14-8-7-13(2)12-14;;;;/h4-8,10,12H,3,9,11,16H2,1-2H3;3*1H;/q-1;;;;+4/p-3. The van der Waals surface area contributed by atoms with Crippen LogP contribution >= 0.6 is 0 Å². The van der Waals surface area contributed by atoms with E-state index in [0.29, 0.717) is 5.04 Å². The van der Waals surface area contributed by atoms with Gasteiger partial charge in [-0.1, -0.05) is 44.6 Å². The van der Waals surface area contributed by atoms with Gasteiger partial charge in [0.25, 0.3) is 0 Å². The molecule has 0 amide bonds. The molecule has 0 nitrogen and oxygen atoms in total. The second-order valence-electron chi connectivity index (χ2n) is 5.08. The van der Waals surface area contributed by atoms with Crippen molar-refractivity contribution in [1.29, 1.82) is 0 Å². The molecule has 0 radical (unpaired) electrons. The summed E-state index contributed by atoms with van der Waals surface area (Å²) in [6, 6.07) is 6.98. The monoisotopic (exact) mass is 382 g/mol. The number of halogens is 3. The van der Waals surface area contributed by atoms with Crippen LogP contribution in [0, 0.1) is 6.92 Å². The van der Waals surface area contributed by atoms with Gasteiger partial charge in [-0.25, -0.2) is 11.6 Å². The van der Waals surface area contributed by atoms with Crippen molar-refractivity contribution in [3.05, 3.63) is 48.1 Å². The molecule has 1 aliphatic rings. The first-order valence-electron chi connectivity index (χ1n) is 6.31. The maximum absolute atomic E-state index is 2.48. The van der Waals surface area contributed by atoms with Crippen molar-refractivity contribution < 1.29 is 58.9 Å². The van der Waals surface area contributed by atoms with E-state index in [-0.39, 0.29) is 68.5 Å². The molecule has 0 N–H and O–H groups in total. The molecule has 20 heavy (non-hydrogen) atoms. The Bertz CT molecular complexity index is 415. The fourth-order valence-corrected chi connectivity index (χ4v) is 5.32. The molecule has 0 spiro atoms. The predicted octanol–water partition coefficient (Wildman–Crippen LogP) is -6.01. The number of aryl methyl sites for hydroxylation is 1. The van der Waals surface area contributed by atoms with E-state index in [2.05, 4.69) is 56.4 Å². The van der Waals surface area contributed by atoms with E-state index in [1.807, 2.05) is 0 Å². The zero-order chi connectivity index (χ0) is 11.4. The summed E-state index contributed by atoms with van der Waals surface area (Å²) in [5.41, 5.74) is 1.42. The van der Waals surface area contributed by atoms with E-state index in [9.17, 15) is 0 Å². The number of hydrogen-bond acceptors (Lipinski definition) is 0. The van der Waals surface area contributed by atoms with Crippen LogP contribution in [0.15, 0.2) is 42.5 Å². The van der Waals surface area contributed by atoms with Crippen LogP contribution in [0.1, 0.15) is 31.7 Å². The fraction of sp³-hybridized carbons (Fsp3) is 0.400. The fourth-order valence-electron chi connectivity index (χ4n) is 2.76. The quantitative estimate of drug-likeness (QED) is 0.359. The first-order chi connectivity index (χ1) is 7.74. The van der Waals surface area contributed by atoms with E-state index in [1.165, 1.54) is 24.8 Å².